The number of aromatic nitrogens is 4. The lowest BCUT2D eigenvalue weighted by Gasteiger charge is -2.04. The number of hydrogen-bond acceptors (Lipinski definition) is 6. The minimum atomic E-state index is -0.439. The first-order chi connectivity index (χ1) is 7.66. The quantitative estimate of drug-likeness (QED) is 0.593. The zero-order valence-electron chi connectivity index (χ0n) is 8.34. The molecule has 8 nitrogen and oxygen atoms in total. The third-order valence-corrected chi connectivity index (χ3v) is 2.01. The summed E-state index contributed by atoms with van der Waals surface area (Å²) < 4.78 is 0. The Balaban J connectivity index is 2.26. The second-order valence-corrected chi connectivity index (χ2v) is 3.12. The minimum Gasteiger partial charge on any atom is -0.321 e. The summed E-state index contributed by atoms with van der Waals surface area (Å²) in [5.41, 5.74) is 1.49. The molecule has 0 amide bonds. The molecule has 1 aromatic carbocycles. The molecule has 0 saturated carbocycles. The molecule has 0 spiro atoms. The van der Waals surface area contributed by atoms with E-state index in [0.717, 1.165) is 5.56 Å². The number of tetrazole rings is 1. The van der Waals surface area contributed by atoms with Crippen LogP contribution in [0.15, 0.2) is 18.2 Å². The Morgan fingerprint density at radius 3 is 2.88 bits per heavy atom. The Kier molecular flexibility index (Phi) is 2.46. The predicted molar refractivity (Wildman–Crippen MR) is 55.3 cm³/mol. The summed E-state index contributed by atoms with van der Waals surface area (Å²) in [6.45, 7) is 1.76. The van der Waals surface area contributed by atoms with Crippen molar-refractivity contribution in [3.63, 3.8) is 0 Å². The Hall–Kier alpha value is -2.51. The molecule has 0 radical (unpaired) electrons. The maximum absolute atomic E-state index is 10.5. The third kappa shape index (κ3) is 1.95. The lowest BCUT2D eigenvalue weighted by molar-refractivity contribution is -0.384. The molecule has 0 saturated heterocycles. The second-order valence-electron chi connectivity index (χ2n) is 3.12. The first-order valence-corrected chi connectivity index (χ1v) is 4.42. The predicted octanol–water partition coefficient (Wildman–Crippen LogP) is 1.16. The van der Waals surface area contributed by atoms with E-state index in [2.05, 4.69) is 25.9 Å². The van der Waals surface area contributed by atoms with E-state index in [4.69, 9.17) is 0 Å². The highest BCUT2D eigenvalue weighted by molar-refractivity contribution is 5.60. The van der Waals surface area contributed by atoms with E-state index in [1.165, 1.54) is 12.1 Å². The molecule has 0 atom stereocenters. The van der Waals surface area contributed by atoms with Gasteiger partial charge in [0.05, 0.1) is 4.92 Å². The maximum Gasteiger partial charge on any atom is 0.269 e. The van der Waals surface area contributed by atoms with Crippen molar-refractivity contribution in [3.8, 4) is 0 Å². The van der Waals surface area contributed by atoms with E-state index in [1.54, 1.807) is 13.0 Å². The number of H-pyrrole nitrogens is 1. The summed E-state index contributed by atoms with van der Waals surface area (Å²) in [7, 11) is 0. The van der Waals surface area contributed by atoms with Gasteiger partial charge >= 0.3 is 0 Å². The molecule has 1 aromatic heterocycles. The van der Waals surface area contributed by atoms with Gasteiger partial charge in [-0.25, -0.2) is 0 Å². The van der Waals surface area contributed by atoms with Crippen LogP contribution in [0.4, 0.5) is 17.3 Å². The Bertz CT molecular complexity index is 509. The van der Waals surface area contributed by atoms with Gasteiger partial charge in [-0.3, -0.25) is 10.1 Å². The van der Waals surface area contributed by atoms with Gasteiger partial charge in [0, 0.05) is 17.8 Å². The SMILES string of the molecule is Cc1cc([N+](=O)[O-])ccc1Nc1nn[nH]n1. The van der Waals surface area contributed by atoms with Crippen LogP contribution in [-0.2, 0) is 0 Å². The van der Waals surface area contributed by atoms with Gasteiger partial charge in [-0.15, -0.1) is 5.10 Å². The first kappa shape index (κ1) is 10.0. The number of nitrogens with zero attached hydrogens (tertiary/aromatic N) is 4. The van der Waals surface area contributed by atoms with Crippen LogP contribution >= 0.6 is 0 Å². The molecule has 2 aromatic rings. The van der Waals surface area contributed by atoms with Gasteiger partial charge in [-0.05, 0) is 23.8 Å². The molecule has 1 heterocycles. The van der Waals surface area contributed by atoms with Gasteiger partial charge in [0.1, 0.15) is 0 Å². The molecule has 0 aliphatic carbocycles. The molecule has 0 aliphatic rings. The number of hydrogen-bond donors (Lipinski definition) is 2. The standard InChI is InChI=1S/C8H8N6O2/c1-5-4-6(14(15)16)2-3-7(5)9-8-10-12-13-11-8/h2-4H,1H3,(H2,9,10,11,12,13). The fourth-order valence-electron chi connectivity index (χ4n) is 1.24. The monoisotopic (exact) mass is 220 g/mol. The molecular weight excluding hydrogens is 212 g/mol. The molecular formula is C8H8N6O2. The van der Waals surface area contributed by atoms with Crippen LogP contribution in [0.3, 0.4) is 0 Å². The van der Waals surface area contributed by atoms with Gasteiger partial charge < -0.3 is 5.32 Å². The van der Waals surface area contributed by atoms with Crippen LogP contribution < -0.4 is 5.32 Å². The Morgan fingerprint density at radius 2 is 2.31 bits per heavy atom. The number of rotatable bonds is 3. The maximum atomic E-state index is 10.5. The molecule has 2 rings (SSSR count). The number of nitro benzene ring substituents is 1. The molecule has 8 heteroatoms. The van der Waals surface area contributed by atoms with Crippen molar-refractivity contribution in [1.29, 1.82) is 0 Å². The number of benzene rings is 1. The van der Waals surface area contributed by atoms with Crippen LogP contribution in [0.2, 0.25) is 0 Å². The Labute approximate surface area is 89.8 Å². The fourth-order valence-corrected chi connectivity index (χ4v) is 1.24. The van der Waals surface area contributed by atoms with Gasteiger partial charge in [0.2, 0.25) is 0 Å². The molecule has 0 bridgehead atoms. The molecule has 0 aliphatic heterocycles. The third-order valence-electron chi connectivity index (χ3n) is 2.01. The van der Waals surface area contributed by atoms with Gasteiger partial charge in [-0.1, -0.05) is 5.10 Å². The zero-order valence-corrected chi connectivity index (χ0v) is 8.34. The molecule has 2 N–H and O–H groups in total. The smallest absolute Gasteiger partial charge is 0.269 e. The van der Waals surface area contributed by atoms with E-state index in [1.807, 2.05) is 0 Å². The van der Waals surface area contributed by atoms with E-state index < -0.39 is 4.92 Å². The molecule has 0 unspecified atom stereocenters. The minimum absolute atomic E-state index is 0.0520. The van der Waals surface area contributed by atoms with E-state index in [9.17, 15) is 10.1 Å². The van der Waals surface area contributed by atoms with E-state index in [0.29, 0.717) is 11.6 Å². The lowest BCUT2D eigenvalue weighted by atomic mass is 10.2. The number of aromatic amines is 1. The van der Waals surface area contributed by atoms with Gasteiger partial charge in [-0.2, -0.15) is 5.21 Å². The van der Waals surface area contributed by atoms with Crippen molar-refractivity contribution in [3.05, 3.63) is 33.9 Å². The van der Waals surface area contributed by atoms with Crippen molar-refractivity contribution in [2.24, 2.45) is 0 Å². The summed E-state index contributed by atoms with van der Waals surface area (Å²) in [4.78, 5) is 10.1. The average Bonchev–Trinajstić information content (AvgIpc) is 2.73. The van der Waals surface area contributed by atoms with Gasteiger partial charge in [0.25, 0.3) is 11.6 Å². The number of aryl methyl sites for hydroxylation is 1. The number of nitrogens with one attached hydrogen (secondary N) is 2. The van der Waals surface area contributed by atoms with Crippen LogP contribution in [-0.4, -0.2) is 25.5 Å². The summed E-state index contributed by atoms with van der Waals surface area (Å²) >= 11 is 0. The topological polar surface area (TPSA) is 110 Å². The number of non-ortho nitro benzene ring substituents is 1. The van der Waals surface area contributed by atoms with Crippen LogP contribution in [0.1, 0.15) is 5.56 Å². The molecule has 16 heavy (non-hydrogen) atoms. The van der Waals surface area contributed by atoms with Crippen molar-refractivity contribution in [1.82, 2.24) is 20.6 Å². The van der Waals surface area contributed by atoms with Crippen LogP contribution in [0.5, 0.6) is 0 Å². The van der Waals surface area contributed by atoms with Crippen molar-refractivity contribution in [2.75, 3.05) is 5.32 Å². The first-order valence-electron chi connectivity index (χ1n) is 4.42. The lowest BCUT2D eigenvalue weighted by Crippen LogP contribution is -1.96. The van der Waals surface area contributed by atoms with Crippen LogP contribution in [0, 0.1) is 17.0 Å². The summed E-state index contributed by atoms with van der Waals surface area (Å²) in [6.07, 6.45) is 0. The largest absolute Gasteiger partial charge is 0.321 e. The number of anilines is 2. The van der Waals surface area contributed by atoms with E-state index in [-0.39, 0.29) is 5.69 Å². The highest BCUT2D eigenvalue weighted by Crippen LogP contribution is 2.22. The van der Waals surface area contributed by atoms with Crippen LogP contribution in [0.25, 0.3) is 0 Å². The normalized spacial score (nSPS) is 10.1. The Morgan fingerprint density at radius 1 is 1.50 bits per heavy atom. The molecule has 0 fully saturated rings. The molecule has 82 valence electrons. The fraction of sp³-hybridized carbons (Fsp3) is 0.125. The van der Waals surface area contributed by atoms with Gasteiger partial charge in [0.15, 0.2) is 0 Å². The van der Waals surface area contributed by atoms with Crippen molar-refractivity contribution < 1.29 is 4.92 Å². The summed E-state index contributed by atoms with van der Waals surface area (Å²) in [5, 5.41) is 26.5. The number of nitro groups is 1. The highest BCUT2D eigenvalue weighted by Gasteiger charge is 2.08. The summed E-state index contributed by atoms with van der Waals surface area (Å²) in [5.74, 6) is 0.317. The average molecular weight is 220 g/mol. The van der Waals surface area contributed by atoms with Crippen molar-refractivity contribution >= 4 is 17.3 Å². The second kappa shape index (κ2) is 3.93. The van der Waals surface area contributed by atoms with E-state index >= 15 is 0 Å². The highest BCUT2D eigenvalue weighted by atomic mass is 16.6. The zero-order chi connectivity index (χ0) is 11.5. The summed E-state index contributed by atoms with van der Waals surface area (Å²) in [6, 6.07) is 4.49. The van der Waals surface area contributed by atoms with Crippen molar-refractivity contribution in [2.45, 2.75) is 6.92 Å².